The summed E-state index contributed by atoms with van der Waals surface area (Å²) in [4.78, 5) is 9.24. The third-order valence-electron chi connectivity index (χ3n) is 4.93. The number of rotatable bonds is 7. The highest BCUT2D eigenvalue weighted by atomic mass is 127. The molecule has 0 spiro atoms. The molecule has 1 aromatic carbocycles. The van der Waals surface area contributed by atoms with E-state index >= 15 is 0 Å². The summed E-state index contributed by atoms with van der Waals surface area (Å²) in [5, 5.41) is 6.80. The molecule has 0 aromatic heterocycles. The summed E-state index contributed by atoms with van der Waals surface area (Å²) < 4.78 is 6.01. The molecule has 0 radical (unpaired) electrons. The molecule has 154 valence electrons. The van der Waals surface area contributed by atoms with Crippen molar-refractivity contribution >= 4 is 29.9 Å². The molecular formula is C20H36IN5O. The number of aryl methyl sites for hydroxylation is 1. The molecular weight excluding hydrogens is 453 g/mol. The molecule has 1 aliphatic heterocycles. The summed E-state index contributed by atoms with van der Waals surface area (Å²) >= 11 is 0. The minimum atomic E-state index is 0. The Balaban J connectivity index is 0.00000364. The van der Waals surface area contributed by atoms with Gasteiger partial charge in [0.25, 0.3) is 0 Å². The predicted octanol–water partition coefficient (Wildman–Crippen LogP) is 2.18. The van der Waals surface area contributed by atoms with Crippen LogP contribution in [0.2, 0.25) is 0 Å². The summed E-state index contributed by atoms with van der Waals surface area (Å²) in [6.45, 7) is 12.5. The van der Waals surface area contributed by atoms with Gasteiger partial charge in [-0.2, -0.15) is 0 Å². The maximum absolute atomic E-state index is 6.01. The normalized spacial score (nSPS) is 18.3. The van der Waals surface area contributed by atoms with E-state index in [1.54, 1.807) is 0 Å². The maximum atomic E-state index is 6.01. The Kier molecular flexibility index (Phi) is 11.0. The lowest BCUT2D eigenvalue weighted by Gasteiger charge is -2.36. The van der Waals surface area contributed by atoms with E-state index in [1.807, 2.05) is 25.2 Å². The smallest absolute Gasteiger partial charge is 0.191 e. The molecule has 1 fully saturated rings. The predicted molar refractivity (Wildman–Crippen MR) is 125 cm³/mol. The number of piperazine rings is 1. The van der Waals surface area contributed by atoms with E-state index < -0.39 is 0 Å². The van der Waals surface area contributed by atoms with Gasteiger partial charge in [0.15, 0.2) is 5.96 Å². The lowest BCUT2D eigenvalue weighted by molar-refractivity contribution is 0.120. The van der Waals surface area contributed by atoms with Gasteiger partial charge in [-0.05, 0) is 39.4 Å². The van der Waals surface area contributed by atoms with Crippen LogP contribution in [0.25, 0.3) is 0 Å². The summed E-state index contributed by atoms with van der Waals surface area (Å²) in [5.74, 6) is 1.76. The Labute approximate surface area is 181 Å². The van der Waals surface area contributed by atoms with E-state index in [-0.39, 0.29) is 30.1 Å². The van der Waals surface area contributed by atoms with Crippen molar-refractivity contribution in [1.82, 2.24) is 20.4 Å². The zero-order valence-electron chi connectivity index (χ0n) is 17.4. The number of nitrogens with zero attached hydrogens (tertiary/aromatic N) is 3. The Morgan fingerprint density at radius 1 is 1.11 bits per heavy atom. The van der Waals surface area contributed by atoms with Crippen molar-refractivity contribution in [2.24, 2.45) is 4.99 Å². The summed E-state index contributed by atoms with van der Waals surface area (Å²) in [6, 6.07) is 8.59. The molecule has 1 aromatic rings. The second-order valence-electron chi connectivity index (χ2n) is 7.22. The lowest BCUT2D eigenvalue weighted by Crippen LogP contribution is -2.52. The van der Waals surface area contributed by atoms with Gasteiger partial charge in [0, 0.05) is 45.8 Å². The summed E-state index contributed by atoms with van der Waals surface area (Å²) in [6.07, 6.45) is 0.0599. The van der Waals surface area contributed by atoms with Gasteiger partial charge in [0.1, 0.15) is 11.9 Å². The fraction of sp³-hybridized carbons (Fsp3) is 0.650. The molecule has 0 aliphatic carbocycles. The van der Waals surface area contributed by atoms with E-state index in [1.165, 1.54) is 0 Å². The lowest BCUT2D eigenvalue weighted by atomic mass is 10.2. The van der Waals surface area contributed by atoms with Crippen LogP contribution >= 0.6 is 24.0 Å². The first-order valence-electron chi connectivity index (χ1n) is 9.59. The maximum Gasteiger partial charge on any atom is 0.191 e. The van der Waals surface area contributed by atoms with Crippen LogP contribution in [-0.4, -0.2) is 81.3 Å². The number of nitrogens with one attached hydrogen (secondary N) is 2. The number of halogens is 1. The number of aliphatic imine (C=N–C) groups is 1. The first-order chi connectivity index (χ1) is 12.5. The van der Waals surface area contributed by atoms with Crippen LogP contribution in [0, 0.1) is 6.92 Å². The van der Waals surface area contributed by atoms with Crippen LogP contribution in [0.4, 0.5) is 0 Å². The van der Waals surface area contributed by atoms with Gasteiger partial charge in [-0.3, -0.25) is 9.89 Å². The average Bonchev–Trinajstić information content (AvgIpc) is 2.64. The molecule has 1 saturated heterocycles. The standard InChI is InChI=1S/C20H35N5O.HI/c1-16-8-6-7-9-19(16)26-18(3)15-23-20(21-4)22-14-17(2)25-12-10-24(5)11-13-25;/h6-9,17-18H,10-15H2,1-5H3,(H2,21,22,23);1H. The highest BCUT2D eigenvalue weighted by molar-refractivity contribution is 14.0. The number of para-hydroxylation sites is 1. The Morgan fingerprint density at radius 3 is 2.37 bits per heavy atom. The second-order valence-corrected chi connectivity index (χ2v) is 7.22. The first kappa shape index (κ1) is 24.0. The van der Waals surface area contributed by atoms with Crippen LogP contribution < -0.4 is 15.4 Å². The van der Waals surface area contributed by atoms with Gasteiger partial charge in [-0.1, -0.05) is 18.2 Å². The van der Waals surface area contributed by atoms with Crippen molar-refractivity contribution in [1.29, 1.82) is 0 Å². The van der Waals surface area contributed by atoms with E-state index in [0.717, 1.165) is 50.0 Å². The van der Waals surface area contributed by atoms with E-state index in [2.05, 4.69) is 59.3 Å². The molecule has 2 unspecified atom stereocenters. The van der Waals surface area contributed by atoms with Crippen molar-refractivity contribution in [2.45, 2.75) is 32.9 Å². The molecule has 6 nitrogen and oxygen atoms in total. The van der Waals surface area contributed by atoms with Crippen LogP contribution in [0.1, 0.15) is 19.4 Å². The number of hydrogen-bond acceptors (Lipinski definition) is 4. The minimum Gasteiger partial charge on any atom is -0.489 e. The molecule has 2 atom stereocenters. The van der Waals surface area contributed by atoms with Gasteiger partial charge in [-0.15, -0.1) is 24.0 Å². The molecule has 2 N–H and O–H groups in total. The summed E-state index contributed by atoms with van der Waals surface area (Å²) in [5.41, 5.74) is 1.16. The Hall–Kier alpha value is -1.06. The molecule has 0 bridgehead atoms. The number of benzene rings is 1. The van der Waals surface area contributed by atoms with Crippen LogP contribution in [0.5, 0.6) is 5.75 Å². The monoisotopic (exact) mass is 489 g/mol. The molecule has 1 heterocycles. The highest BCUT2D eigenvalue weighted by Gasteiger charge is 2.19. The van der Waals surface area contributed by atoms with Gasteiger partial charge < -0.3 is 20.3 Å². The van der Waals surface area contributed by atoms with E-state index in [9.17, 15) is 0 Å². The van der Waals surface area contributed by atoms with Crippen LogP contribution in [-0.2, 0) is 0 Å². The molecule has 7 heteroatoms. The molecule has 27 heavy (non-hydrogen) atoms. The largest absolute Gasteiger partial charge is 0.489 e. The van der Waals surface area contributed by atoms with Crippen molar-refractivity contribution in [2.75, 3.05) is 53.4 Å². The Bertz CT molecular complexity index is 575. The number of guanidine groups is 1. The van der Waals surface area contributed by atoms with Crippen molar-refractivity contribution < 1.29 is 4.74 Å². The topological polar surface area (TPSA) is 52.1 Å². The van der Waals surface area contributed by atoms with Crippen LogP contribution in [0.3, 0.4) is 0 Å². The first-order valence-corrected chi connectivity index (χ1v) is 9.59. The average molecular weight is 489 g/mol. The SMILES string of the molecule is CN=C(NCC(C)Oc1ccccc1C)NCC(C)N1CCN(C)CC1.I. The van der Waals surface area contributed by atoms with Crippen molar-refractivity contribution in [3.05, 3.63) is 29.8 Å². The number of ether oxygens (including phenoxy) is 1. The van der Waals surface area contributed by atoms with E-state index in [0.29, 0.717) is 12.6 Å². The summed E-state index contributed by atoms with van der Waals surface area (Å²) in [7, 11) is 3.99. The van der Waals surface area contributed by atoms with Crippen molar-refractivity contribution in [3.8, 4) is 5.75 Å². The van der Waals surface area contributed by atoms with Gasteiger partial charge in [-0.25, -0.2) is 0 Å². The zero-order chi connectivity index (χ0) is 18.9. The van der Waals surface area contributed by atoms with E-state index in [4.69, 9.17) is 4.74 Å². The van der Waals surface area contributed by atoms with Gasteiger partial charge in [0.05, 0.1) is 6.54 Å². The molecule has 0 amide bonds. The van der Waals surface area contributed by atoms with Crippen molar-refractivity contribution in [3.63, 3.8) is 0 Å². The Morgan fingerprint density at radius 2 is 1.74 bits per heavy atom. The fourth-order valence-electron chi connectivity index (χ4n) is 3.04. The third-order valence-corrected chi connectivity index (χ3v) is 4.93. The number of hydrogen-bond donors (Lipinski definition) is 2. The van der Waals surface area contributed by atoms with Gasteiger partial charge in [0.2, 0.25) is 0 Å². The molecule has 2 rings (SSSR count). The quantitative estimate of drug-likeness (QED) is 0.350. The zero-order valence-corrected chi connectivity index (χ0v) is 19.7. The molecule has 0 saturated carbocycles. The van der Waals surface area contributed by atoms with Crippen LogP contribution in [0.15, 0.2) is 29.3 Å². The molecule has 1 aliphatic rings. The number of likely N-dealkylation sites (N-methyl/N-ethyl adjacent to an activating group) is 1. The fourth-order valence-corrected chi connectivity index (χ4v) is 3.04. The second kappa shape index (κ2) is 12.4. The third kappa shape index (κ3) is 8.23. The minimum absolute atomic E-state index is 0. The highest BCUT2D eigenvalue weighted by Crippen LogP contribution is 2.17. The van der Waals surface area contributed by atoms with Gasteiger partial charge >= 0.3 is 0 Å².